The summed E-state index contributed by atoms with van der Waals surface area (Å²) >= 11 is 5.32. The Bertz CT molecular complexity index is 932. The van der Waals surface area contributed by atoms with E-state index in [9.17, 15) is 10.2 Å². The molecule has 168 valence electrons. The largest absolute Gasteiger partial charge is 0.468 e. The topological polar surface area (TPSA) is 127 Å². The van der Waals surface area contributed by atoms with Crippen LogP contribution in [-0.4, -0.2) is 97.1 Å². The number of aromatic nitrogens is 4. The number of likely N-dealkylation sites (tertiary alicyclic amines) is 1. The molecular formula is C19H26N6O5S. The van der Waals surface area contributed by atoms with E-state index in [-0.39, 0.29) is 12.6 Å². The summed E-state index contributed by atoms with van der Waals surface area (Å²) in [7, 11) is 0. The molecular weight excluding hydrogens is 424 g/mol. The van der Waals surface area contributed by atoms with Gasteiger partial charge < -0.3 is 34.6 Å². The Morgan fingerprint density at radius 3 is 2.84 bits per heavy atom. The molecule has 3 saturated heterocycles. The third-order valence-corrected chi connectivity index (χ3v) is 6.35. The van der Waals surface area contributed by atoms with Gasteiger partial charge in [0.2, 0.25) is 0 Å². The maximum atomic E-state index is 10.6. The van der Waals surface area contributed by atoms with Gasteiger partial charge in [-0.15, -0.1) is 0 Å². The molecule has 0 saturated carbocycles. The Kier molecular flexibility index (Phi) is 5.89. The Morgan fingerprint density at radius 1 is 1.23 bits per heavy atom. The molecule has 0 radical (unpaired) electrons. The van der Waals surface area contributed by atoms with Crippen LogP contribution in [0.4, 0.5) is 5.82 Å². The maximum absolute atomic E-state index is 10.6. The fourth-order valence-electron chi connectivity index (χ4n) is 4.23. The molecule has 0 aromatic carbocycles. The van der Waals surface area contributed by atoms with E-state index in [2.05, 4.69) is 20.3 Å². The van der Waals surface area contributed by atoms with Gasteiger partial charge in [-0.25, -0.2) is 15.0 Å². The number of anilines is 1. The molecule has 3 aliphatic heterocycles. The van der Waals surface area contributed by atoms with Crippen LogP contribution < -0.4 is 5.32 Å². The van der Waals surface area contributed by atoms with Crippen molar-refractivity contribution in [3.8, 4) is 0 Å². The van der Waals surface area contributed by atoms with Crippen molar-refractivity contribution in [3.63, 3.8) is 0 Å². The molecule has 0 amide bonds. The molecule has 2 aromatic rings. The van der Waals surface area contributed by atoms with E-state index in [1.807, 2.05) is 4.90 Å². The molecule has 0 aliphatic carbocycles. The van der Waals surface area contributed by atoms with Gasteiger partial charge in [-0.2, -0.15) is 0 Å². The molecule has 3 N–H and O–H groups in total. The monoisotopic (exact) mass is 450 g/mol. The number of nitrogens with one attached hydrogen (secondary N) is 1. The lowest BCUT2D eigenvalue weighted by Gasteiger charge is -2.21. The Balaban J connectivity index is 1.29. The average molecular weight is 451 g/mol. The summed E-state index contributed by atoms with van der Waals surface area (Å²) in [4.78, 5) is 15.0. The van der Waals surface area contributed by atoms with E-state index >= 15 is 0 Å². The molecule has 0 spiro atoms. The number of aliphatic hydroxyl groups is 2. The van der Waals surface area contributed by atoms with Crippen LogP contribution in [0.3, 0.4) is 0 Å². The van der Waals surface area contributed by atoms with Gasteiger partial charge in [-0.3, -0.25) is 4.57 Å². The second-order valence-electron chi connectivity index (χ2n) is 8.07. The third kappa shape index (κ3) is 4.05. The van der Waals surface area contributed by atoms with Crippen molar-refractivity contribution >= 4 is 34.4 Å². The summed E-state index contributed by atoms with van der Waals surface area (Å²) in [6.07, 6.45) is 2.17. The van der Waals surface area contributed by atoms with Crippen LogP contribution in [0.15, 0.2) is 12.7 Å². The summed E-state index contributed by atoms with van der Waals surface area (Å²) in [5.41, 5.74) is 1.07. The van der Waals surface area contributed by atoms with E-state index in [0.29, 0.717) is 35.4 Å². The highest BCUT2D eigenvalue weighted by Crippen LogP contribution is 2.32. The minimum Gasteiger partial charge on any atom is -0.468 e. The van der Waals surface area contributed by atoms with Crippen molar-refractivity contribution in [1.29, 1.82) is 0 Å². The van der Waals surface area contributed by atoms with Gasteiger partial charge in [-0.1, -0.05) is 0 Å². The summed E-state index contributed by atoms with van der Waals surface area (Å²) in [6.45, 7) is 3.14. The summed E-state index contributed by atoms with van der Waals surface area (Å²) in [6, 6.07) is 0.166. The standard InChI is InChI=1S/C19H26N6O5S/c26-14-12(8-29-19(31)24-4-1-2-5-24)30-18(15(14)27)25-10-22-13-16(20-9-21-17(13)25)23-11-3-6-28-7-11/h9-12,14-15,18,26-27H,1-8H2,(H,20,21,23)/t11-,12-,14-,15-,18-/m1/s1. The quantitative estimate of drug-likeness (QED) is 0.535. The fraction of sp³-hybridized carbons (Fsp3) is 0.684. The first-order valence-electron chi connectivity index (χ1n) is 10.6. The summed E-state index contributed by atoms with van der Waals surface area (Å²) in [5.74, 6) is 0.600. The zero-order valence-corrected chi connectivity index (χ0v) is 17.8. The summed E-state index contributed by atoms with van der Waals surface area (Å²) < 4.78 is 18.6. The van der Waals surface area contributed by atoms with Gasteiger partial charge in [0.25, 0.3) is 5.17 Å². The zero-order valence-electron chi connectivity index (χ0n) is 17.0. The number of thiocarbonyl (C=S) groups is 1. The van der Waals surface area contributed by atoms with Crippen molar-refractivity contribution in [3.05, 3.63) is 12.7 Å². The molecule has 3 aliphatic rings. The van der Waals surface area contributed by atoms with Crippen molar-refractivity contribution in [2.75, 3.05) is 38.2 Å². The van der Waals surface area contributed by atoms with E-state index in [0.717, 1.165) is 32.4 Å². The number of imidazole rings is 1. The SMILES string of the molecule is O[C@@H]1[C@H](O)[C@@H](COC(=S)N2CCCC2)O[C@H]1n1cnc2c(N[C@@H]3CCOC3)ncnc21. The number of hydrogen-bond donors (Lipinski definition) is 3. The number of nitrogens with zero attached hydrogens (tertiary/aromatic N) is 5. The molecule has 11 nitrogen and oxygen atoms in total. The highest BCUT2D eigenvalue weighted by atomic mass is 32.1. The highest BCUT2D eigenvalue weighted by Gasteiger charge is 2.45. The van der Waals surface area contributed by atoms with Crippen molar-refractivity contribution in [2.45, 2.75) is 49.8 Å². The van der Waals surface area contributed by atoms with Crippen molar-refractivity contribution in [2.24, 2.45) is 0 Å². The second-order valence-corrected chi connectivity index (χ2v) is 8.42. The van der Waals surface area contributed by atoms with Crippen LogP contribution in [0.2, 0.25) is 0 Å². The highest BCUT2D eigenvalue weighted by molar-refractivity contribution is 7.80. The Labute approximate surface area is 184 Å². The third-order valence-electron chi connectivity index (χ3n) is 5.98. The molecule has 12 heteroatoms. The number of ether oxygens (including phenoxy) is 3. The molecule has 2 aromatic heterocycles. The number of hydrogen-bond acceptors (Lipinski definition) is 10. The van der Waals surface area contributed by atoms with Crippen LogP contribution in [-0.2, 0) is 14.2 Å². The van der Waals surface area contributed by atoms with Crippen molar-refractivity contribution < 1.29 is 24.4 Å². The molecule has 3 fully saturated rings. The zero-order chi connectivity index (χ0) is 21.4. The molecule has 5 rings (SSSR count). The lowest BCUT2D eigenvalue weighted by atomic mass is 10.1. The molecule has 5 heterocycles. The predicted octanol–water partition coefficient (Wildman–Crippen LogP) is 0.0436. The van der Waals surface area contributed by atoms with Crippen molar-refractivity contribution in [1.82, 2.24) is 24.4 Å². The first-order valence-corrected chi connectivity index (χ1v) is 11.0. The number of aliphatic hydroxyl groups excluding tert-OH is 2. The predicted molar refractivity (Wildman–Crippen MR) is 113 cm³/mol. The Hall–Kier alpha value is -2.12. The number of rotatable bonds is 5. The minimum atomic E-state index is -1.17. The van der Waals surface area contributed by atoms with E-state index in [1.54, 1.807) is 4.57 Å². The van der Waals surface area contributed by atoms with Gasteiger partial charge >= 0.3 is 0 Å². The smallest absolute Gasteiger partial charge is 0.259 e. The second kappa shape index (κ2) is 8.79. The maximum Gasteiger partial charge on any atom is 0.259 e. The van der Waals surface area contributed by atoms with Gasteiger partial charge in [0.15, 0.2) is 23.2 Å². The normalized spacial score (nSPS) is 30.9. The summed E-state index contributed by atoms with van der Waals surface area (Å²) in [5, 5.41) is 24.9. The van der Waals surface area contributed by atoms with E-state index < -0.39 is 24.5 Å². The van der Waals surface area contributed by atoms with Crippen LogP contribution in [0.1, 0.15) is 25.5 Å². The molecule has 5 atom stereocenters. The van der Waals surface area contributed by atoms with Gasteiger partial charge in [0.1, 0.15) is 31.2 Å². The van der Waals surface area contributed by atoms with E-state index in [1.165, 1.54) is 12.7 Å². The van der Waals surface area contributed by atoms with Crippen LogP contribution in [0.25, 0.3) is 11.2 Å². The van der Waals surface area contributed by atoms with E-state index in [4.69, 9.17) is 26.4 Å². The van der Waals surface area contributed by atoms with Crippen LogP contribution in [0, 0.1) is 0 Å². The van der Waals surface area contributed by atoms with Crippen LogP contribution in [0.5, 0.6) is 0 Å². The lowest BCUT2D eigenvalue weighted by molar-refractivity contribution is -0.0501. The Morgan fingerprint density at radius 2 is 2.06 bits per heavy atom. The lowest BCUT2D eigenvalue weighted by Crippen LogP contribution is -2.36. The van der Waals surface area contributed by atoms with Gasteiger partial charge in [0, 0.05) is 19.7 Å². The fourth-order valence-corrected chi connectivity index (χ4v) is 4.48. The minimum absolute atomic E-state index is 0.0557. The van der Waals surface area contributed by atoms with Crippen LogP contribution >= 0.6 is 12.2 Å². The first-order chi connectivity index (χ1) is 15.1. The average Bonchev–Trinajstić information content (AvgIpc) is 3.56. The molecule has 0 unspecified atom stereocenters. The molecule has 31 heavy (non-hydrogen) atoms. The molecule has 0 bridgehead atoms. The van der Waals surface area contributed by atoms with Gasteiger partial charge in [-0.05, 0) is 31.5 Å². The first kappa shape index (κ1) is 20.8. The van der Waals surface area contributed by atoms with Gasteiger partial charge in [0.05, 0.1) is 19.0 Å². The number of fused-ring (bicyclic) bond motifs is 1.